The van der Waals surface area contributed by atoms with Gasteiger partial charge < -0.3 is 5.32 Å². The lowest BCUT2D eigenvalue weighted by molar-refractivity contribution is 0.602. The molecular formula is C17H21NO2S. The zero-order valence-electron chi connectivity index (χ0n) is 12.6. The van der Waals surface area contributed by atoms with Crippen LogP contribution in [0.4, 0.5) is 5.69 Å². The van der Waals surface area contributed by atoms with E-state index in [1.54, 1.807) is 18.2 Å². The highest BCUT2D eigenvalue weighted by molar-refractivity contribution is 7.90. The maximum absolute atomic E-state index is 11.6. The van der Waals surface area contributed by atoms with Crippen LogP contribution in [0.2, 0.25) is 0 Å². The van der Waals surface area contributed by atoms with Crippen molar-refractivity contribution < 1.29 is 8.42 Å². The summed E-state index contributed by atoms with van der Waals surface area (Å²) >= 11 is 0. The average Bonchev–Trinajstić information content (AvgIpc) is 2.45. The molecule has 1 unspecified atom stereocenters. The van der Waals surface area contributed by atoms with Crippen molar-refractivity contribution >= 4 is 15.5 Å². The van der Waals surface area contributed by atoms with E-state index in [1.165, 1.54) is 17.4 Å². The van der Waals surface area contributed by atoms with Crippen LogP contribution in [0.15, 0.2) is 53.4 Å². The lowest BCUT2D eigenvalue weighted by Gasteiger charge is -2.19. The largest absolute Gasteiger partial charge is 0.378 e. The van der Waals surface area contributed by atoms with Gasteiger partial charge in [-0.2, -0.15) is 0 Å². The highest BCUT2D eigenvalue weighted by Crippen LogP contribution is 2.24. The first-order chi connectivity index (χ1) is 9.90. The molecule has 4 heteroatoms. The van der Waals surface area contributed by atoms with Gasteiger partial charge in [0.05, 0.1) is 10.9 Å². The number of sulfone groups is 1. The van der Waals surface area contributed by atoms with Gasteiger partial charge in [0.15, 0.2) is 9.84 Å². The Morgan fingerprint density at radius 2 is 1.76 bits per heavy atom. The number of anilines is 1. The molecule has 2 rings (SSSR count). The second-order valence-electron chi connectivity index (χ2n) is 5.32. The first kappa shape index (κ1) is 15.6. The van der Waals surface area contributed by atoms with Crippen LogP contribution in [0, 0.1) is 6.92 Å². The topological polar surface area (TPSA) is 46.2 Å². The van der Waals surface area contributed by atoms with Gasteiger partial charge in [0.2, 0.25) is 0 Å². The lowest BCUT2D eigenvalue weighted by atomic mass is 10.0. The molecule has 112 valence electrons. The van der Waals surface area contributed by atoms with Gasteiger partial charge in [-0.05, 0) is 37.1 Å². The summed E-state index contributed by atoms with van der Waals surface area (Å²) in [6.07, 6.45) is 2.15. The minimum atomic E-state index is -3.18. The molecule has 2 aromatic rings. The van der Waals surface area contributed by atoms with Gasteiger partial charge in [-0.3, -0.25) is 0 Å². The molecule has 0 bridgehead atoms. The highest BCUT2D eigenvalue weighted by Gasteiger charge is 2.11. The summed E-state index contributed by atoms with van der Waals surface area (Å²) < 4.78 is 23.2. The Morgan fingerprint density at radius 3 is 2.33 bits per heavy atom. The van der Waals surface area contributed by atoms with Crippen molar-refractivity contribution in [3.63, 3.8) is 0 Å². The molecule has 0 aromatic heterocycles. The van der Waals surface area contributed by atoms with Crippen LogP contribution >= 0.6 is 0 Å². The van der Waals surface area contributed by atoms with E-state index in [1.807, 2.05) is 6.07 Å². The molecule has 0 fully saturated rings. The fraction of sp³-hybridized carbons (Fsp3) is 0.294. The number of rotatable bonds is 5. The molecule has 0 aliphatic heterocycles. The number of benzene rings is 2. The summed E-state index contributed by atoms with van der Waals surface area (Å²) in [4.78, 5) is 0.339. The van der Waals surface area contributed by atoms with Crippen molar-refractivity contribution in [2.45, 2.75) is 31.2 Å². The molecule has 1 N–H and O–H groups in total. The molecule has 0 saturated heterocycles. The van der Waals surface area contributed by atoms with E-state index < -0.39 is 9.84 Å². The minimum Gasteiger partial charge on any atom is -0.378 e. The fourth-order valence-electron chi connectivity index (χ4n) is 2.24. The summed E-state index contributed by atoms with van der Waals surface area (Å²) in [5, 5.41) is 3.41. The first-order valence-electron chi connectivity index (χ1n) is 7.03. The van der Waals surface area contributed by atoms with E-state index in [4.69, 9.17) is 0 Å². The van der Waals surface area contributed by atoms with Gasteiger partial charge in [0, 0.05) is 11.9 Å². The summed E-state index contributed by atoms with van der Waals surface area (Å²) in [5.41, 5.74) is 3.26. The second kappa shape index (κ2) is 6.31. The molecule has 0 saturated carbocycles. The quantitative estimate of drug-likeness (QED) is 0.909. The van der Waals surface area contributed by atoms with Crippen molar-refractivity contribution in [3.05, 3.63) is 59.7 Å². The maximum atomic E-state index is 11.6. The summed E-state index contributed by atoms with van der Waals surface area (Å²) in [5.74, 6) is 0. The Hall–Kier alpha value is -1.81. The van der Waals surface area contributed by atoms with E-state index in [0.717, 1.165) is 12.1 Å². The maximum Gasteiger partial charge on any atom is 0.175 e. The van der Waals surface area contributed by atoms with Gasteiger partial charge in [0.25, 0.3) is 0 Å². The van der Waals surface area contributed by atoms with Crippen molar-refractivity contribution in [2.75, 3.05) is 11.6 Å². The van der Waals surface area contributed by atoms with Gasteiger partial charge >= 0.3 is 0 Å². The summed E-state index contributed by atoms with van der Waals surface area (Å²) in [6, 6.07) is 15.5. The molecule has 0 aliphatic carbocycles. The molecule has 0 heterocycles. The average molecular weight is 303 g/mol. The van der Waals surface area contributed by atoms with Crippen molar-refractivity contribution in [1.82, 2.24) is 0 Å². The van der Waals surface area contributed by atoms with Crippen LogP contribution in [0.3, 0.4) is 0 Å². The first-order valence-corrected chi connectivity index (χ1v) is 8.92. The monoisotopic (exact) mass is 303 g/mol. The van der Waals surface area contributed by atoms with E-state index in [-0.39, 0.29) is 6.04 Å². The molecule has 3 nitrogen and oxygen atoms in total. The van der Waals surface area contributed by atoms with E-state index in [2.05, 4.69) is 43.4 Å². The van der Waals surface area contributed by atoms with Crippen LogP contribution in [-0.2, 0) is 9.84 Å². The number of hydrogen-bond acceptors (Lipinski definition) is 3. The molecule has 1 atom stereocenters. The Balaban J connectivity index is 2.25. The molecule has 0 spiro atoms. The lowest BCUT2D eigenvalue weighted by Crippen LogP contribution is -2.10. The smallest absolute Gasteiger partial charge is 0.175 e. The number of aryl methyl sites for hydroxylation is 1. The van der Waals surface area contributed by atoms with Gasteiger partial charge in [-0.1, -0.05) is 42.8 Å². The summed E-state index contributed by atoms with van der Waals surface area (Å²) in [7, 11) is -3.18. The van der Waals surface area contributed by atoms with E-state index in [0.29, 0.717) is 4.90 Å². The molecule has 21 heavy (non-hydrogen) atoms. The zero-order valence-corrected chi connectivity index (χ0v) is 13.4. The Bertz CT molecular complexity index is 706. The highest BCUT2D eigenvalue weighted by atomic mass is 32.2. The van der Waals surface area contributed by atoms with Gasteiger partial charge in [-0.25, -0.2) is 8.42 Å². The van der Waals surface area contributed by atoms with Crippen LogP contribution < -0.4 is 5.32 Å². The third kappa shape index (κ3) is 4.08. The van der Waals surface area contributed by atoms with Crippen LogP contribution in [0.5, 0.6) is 0 Å². The van der Waals surface area contributed by atoms with E-state index in [9.17, 15) is 8.42 Å². The van der Waals surface area contributed by atoms with Gasteiger partial charge in [0.1, 0.15) is 0 Å². The number of nitrogens with one attached hydrogen (secondary N) is 1. The Labute approximate surface area is 126 Å². The van der Waals surface area contributed by atoms with Gasteiger partial charge in [-0.15, -0.1) is 0 Å². The van der Waals surface area contributed by atoms with E-state index >= 15 is 0 Å². The van der Waals surface area contributed by atoms with Crippen LogP contribution in [0.25, 0.3) is 0 Å². The predicted octanol–water partition coefficient (Wildman–Crippen LogP) is 3.96. The van der Waals surface area contributed by atoms with Crippen LogP contribution in [-0.4, -0.2) is 14.7 Å². The molecular weight excluding hydrogens is 282 g/mol. The SMILES string of the molecule is CCC(Nc1cccc(S(C)(=O)=O)c1)c1ccc(C)cc1. The standard InChI is InChI=1S/C17H21NO2S/c1-4-17(14-10-8-13(2)9-11-14)18-15-6-5-7-16(12-15)21(3,19)20/h5-12,17-18H,4H2,1-3H3. The summed E-state index contributed by atoms with van der Waals surface area (Å²) in [6.45, 7) is 4.17. The molecule has 0 radical (unpaired) electrons. The fourth-order valence-corrected chi connectivity index (χ4v) is 2.90. The van der Waals surface area contributed by atoms with Crippen molar-refractivity contribution in [2.24, 2.45) is 0 Å². The predicted molar refractivity (Wildman–Crippen MR) is 87.4 cm³/mol. The third-order valence-electron chi connectivity index (χ3n) is 3.49. The van der Waals surface area contributed by atoms with Crippen molar-refractivity contribution in [3.8, 4) is 0 Å². The third-order valence-corrected chi connectivity index (χ3v) is 4.60. The minimum absolute atomic E-state index is 0.167. The normalized spacial score (nSPS) is 12.9. The zero-order chi connectivity index (χ0) is 15.5. The Morgan fingerprint density at radius 1 is 1.10 bits per heavy atom. The van der Waals surface area contributed by atoms with Crippen molar-refractivity contribution in [1.29, 1.82) is 0 Å². The molecule has 0 amide bonds. The van der Waals surface area contributed by atoms with Crippen LogP contribution in [0.1, 0.15) is 30.5 Å². The molecule has 0 aliphatic rings. The molecule has 2 aromatic carbocycles. The second-order valence-corrected chi connectivity index (χ2v) is 7.33. The number of hydrogen-bond donors (Lipinski definition) is 1. The Kier molecular flexibility index (Phi) is 4.68.